The molecule has 1 rings (SSSR count). The van der Waals surface area contributed by atoms with Gasteiger partial charge in [0.2, 0.25) is 0 Å². The highest BCUT2D eigenvalue weighted by Crippen LogP contribution is 2.19. The van der Waals surface area contributed by atoms with Gasteiger partial charge in [0.25, 0.3) is 0 Å². The Morgan fingerprint density at radius 1 is 1.77 bits per heavy atom. The maximum absolute atomic E-state index is 10.4. The number of aliphatic hydroxyl groups excluding tert-OH is 1. The fraction of sp³-hybridized carbons (Fsp3) is 0.444. The molecule has 0 aromatic rings. The number of hydrogen-bond donors (Lipinski definition) is 3. The Labute approximate surface area is 76.4 Å². The minimum Gasteiger partial charge on any atom is -0.508 e. The van der Waals surface area contributed by atoms with Crippen LogP contribution in [0.2, 0.25) is 0 Å². The van der Waals surface area contributed by atoms with Crippen LogP contribution in [0.3, 0.4) is 0 Å². The lowest BCUT2D eigenvalue weighted by atomic mass is 9.93. The number of hydrogen-bond acceptors (Lipinski definition) is 3. The van der Waals surface area contributed by atoms with E-state index in [-0.39, 0.29) is 11.7 Å². The molecule has 4 heteroatoms. The number of aliphatic hydroxyl groups is 1. The highest BCUT2D eigenvalue weighted by atomic mass is 16.4. The third-order valence-electron chi connectivity index (χ3n) is 2.04. The maximum Gasteiger partial charge on any atom is 0.320 e. The second-order valence-corrected chi connectivity index (χ2v) is 3.16. The van der Waals surface area contributed by atoms with E-state index in [0.717, 1.165) is 0 Å². The molecule has 0 aliphatic heterocycles. The summed E-state index contributed by atoms with van der Waals surface area (Å²) in [5, 5.41) is 17.5. The van der Waals surface area contributed by atoms with Gasteiger partial charge in [-0.1, -0.05) is 6.08 Å². The molecule has 1 aliphatic carbocycles. The number of carbonyl (C=O) groups is 1. The van der Waals surface area contributed by atoms with Gasteiger partial charge in [-0.25, -0.2) is 0 Å². The van der Waals surface area contributed by atoms with Crippen molar-refractivity contribution in [3.63, 3.8) is 0 Å². The van der Waals surface area contributed by atoms with E-state index in [9.17, 15) is 4.79 Å². The van der Waals surface area contributed by atoms with Gasteiger partial charge in [-0.2, -0.15) is 0 Å². The Hall–Kier alpha value is -1.29. The Bertz CT molecular complexity index is 258. The molecule has 1 aliphatic rings. The van der Waals surface area contributed by atoms with Crippen molar-refractivity contribution in [3.8, 4) is 0 Å². The molecular formula is C9H13NO3. The summed E-state index contributed by atoms with van der Waals surface area (Å²) in [5.41, 5.74) is 5.37. The minimum atomic E-state index is -0.979. The molecule has 4 nitrogen and oxygen atoms in total. The average molecular weight is 183 g/mol. The Kier molecular flexibility index (Phi) is 3.08. The number of rotatable bonds is 3. The van der Waals surface area contributed by atoms with Crippen LogP contribution in [-0.2, 0) is 4.79 Å². The SMILES string of the molecule is NC(CC1C=CC(O)=CC1)C(=O)O. The van der Waals surface area contributed by atoms with Gasteiger partial charge in [-0.05, 0) is 30.9 Å². The maximum atomic E-state index is 10.4. The smallest absolute Gasteiger partial charge is 0.320 e. The standard InChI is InChI=1S/C9H13NO3/c10-8(9(12)13)5-6-1-3-7(11)4-2-6/h1,3-4,6,8,11H,2,5,10H2,(H,12,13). The Morgan fingerprint density at radius 3 is 2.92 bits per heavy atom. The van der Waals surface area contributed by atoms with Crippen molar-refractivity contribution < 1.29 is 15.0 Å². The minimum absolute atomic E-state index is 0.127. The lowest BCUT2D eigenvalue weighted by Crippen LogP contribution is -2.32. The summed E-state index contributed by atoms with van der Waals surface area (Å²) < 4.78 is 0. The van der Waals surface area contributed by atoms with Gasteiger partial charge >= 0.3 is 5.97 Å². The number of nitrogens with two attached hydrogens (primary N) is 1. The fourth-order valence-electron chi connectivity index (χ4n) is 1.26. The van der Waals surface area contributed by atoms with Crippen LogP contribution in [0.5, 0.6) is 0 Å². The molecule has 0 spiro atoms. The van der Waals surface area contributed by atoms with Crippen LogP contribution in [0.4, 0.5) is 0 Å². The Morgan fingerprint density at radius 2 is 2.46 bits per heavy atom. The monoisotopic (exact) mass is 183 g/mol. The van der Waals surface area contributed by atoms with Crippen LogP contribution >= 0.6 is 0 Å². The first-order valence-corrected chi connectivity index (χ1v) is 4.15. The van der Waals surface area contributed by atoms with E-state index < -0.39 is 12.0 Å². The highest BCUT2D eigenvalue weighted by Gasteiger charge is 2.17. The quantitative estimate of drug-likeness (QED) is 0.604. The molecule has 2 unspecified atom stereocenters. The molecule has 0 radical (unpaired) electrons. The molecule has 13 heavy (non-hydrogen) atoms. The average Bonchev–Trinajstić information content (AvgIpc) is 2.08. The van der Waals surface area contributed by atoms with Crippen LogP contribution in [-0.4, -0.2) is 22.2 Å². The lowest BCUT2D eigenvalue weighted by molar-refractivity contribution is -0.138. The van der Waals surface area contributed by atoms with E-state index in [1.54, 1.807) is 18.2 Å². The van der Waals surface area contributed by atoms with Gasteiger partial charge < -0.3 is 15.9 Å². The zero-order valence-corrected chi connectivity index (χ0v) is 7.18. The largest absolute Gasteiger partial charge is 0.508 e. The molecule has 2 atom stereocenters. The number of carboxylic acid groups (broad SMARTS) is 1. The van der Waals surface area contributed by atoms with Crippen LogP contribution in [0.25, 0.3) is 0 Å². The van der Waals surface area contributed by atoms with Crippen molar-refractivity contribution in [2.75, 3.05) is 0 Å². The molecule has 0 fully saturated rings. The van der Waals surface area contributed by atoms with Crippen LogP contribution in [0.15, 0.2) is 24.0 Å². The highest BCUT2D eigenvalue weighted by molar-refractivity contribution is 5.73. The molecule has 0 bridgehead atoms. The predicted molar refractivity (Wildman–Crippen MR) is 48.2 cm³/mol. The first-order valence-electron chi connectivity index (χ1n) is 4.15. The molecular weight excluding hydrogens is 170 g/mol. The van der Waals surface area contributed by atoms with Crippen molar-refractivity contribution in [2.45, 2.75) is 18.9 Å². The zero-order chi connectivity index (χ0) is 9.84. The molecule has 0 aromatic carbocycles. The van der Waals surface area contributed by atoms with Crippen molar-refractivity contribution in [1.29, 1.82) is 0 Å². The molecule has 72 valence electrons. The number of allylic oxidation sites excluding steroid dienone is 3. The fourth-order valence-corrected chi connectivity index (χ4v) is 1.26. The second kappa shape index (κ2) is 4.09. The van der Waals surface area contributed by atoms with Gasteiger partial charge in [-0.3, -0.25) is 4.79 Å². The number of aliphatic carboxylic acids is 1. The van der Waals surface area contributed by atoms with Crippen molar-refractivity contribution >= 4 is 5.97 Å². The second-order valence-electron chi connectivity index (χ2n) is 3.16. The van der Waals surface area contributed by atoms with Gasteiger partial charge in [-0.15, -0.1) is 0 Å². The van der Waals surface area contributed by atoms with E-state index in [4.69, 9.17) is 15.9 Å². The van der Waals surface area contributed by atoms with Crippen molar-refractivity contribution in [2.24, 2.45) is 11.7 Å². The molecule has 0 heterocycles. The summed E-state index contributed by atoms with van der Waals surface area (Å²) in [4.78, 5) is 10.4. The van der Waals surface area contributed by atoms with Gasteiger partial charge in [0, 0.05) is 0 Å². The van der Waals surface area contributed by atoms with Gasteiger partial charge in [0.15, 0.2) is 0 Å². The normalized spacial score (nSPS) is 23.8. The van der Waals surface area contributed by atoms with Gasteiger partial charge in [0.1, 0.15) is 11.8 Å². The zero-order valence-electron chi connectivity index (χ0n) is 7.18. The van der Waals surface area contributed by atoms with E-state index in [1.807, 2.05) is 0 Å². The summed E-state index contributed by atoms with van der Waals surface area (Å²) in [5.74, 6) is -0.616. The van der Waals surface area contributed by atoms with E-state index in [1.165, 1.54) is 0 Å². The summed E-state index contributed by atoms with van der Waals surface area (Å²) in [6, 6.07) is -0.816. The van der Waals surface area contributed by atoms with Crippen molar-refractivity contribution in [1.82, 2.24) is 0 Å². The van der Waals surface area contributed by atoms with Crippen LogP contribution < -0.4 is 5.73 Å². The van der Waals surface area contributed by atoms with E-state index in [2.05, 4.69) is 0 Å². The van der Waals surface area contributed by atoms with E-state index >= 15 is 0 Å². The summed E-state index contributed by atoms with van der Waals surface area (Å²) in [6.45, 7) is 0. The first-order chi connectivity index (χ1) is 6.09. The topological polar surface area (TPSA) is 83.5 Å². The first kappa shape index (κ1) is 9.80. The molecule has 0 amide bonds. The molecule has 0 aromatic heterocycles. The van der Waals surface area contributed by atoms with Crippen molar-refractivity contribution in [3.05, 3.63) is 24.0 Å². The van der Waals surface area contributed by atoms with E-state index in [0.29, 0.717) is 12.8 Å². The molecule has 0 saturated heterocycles. The summed E-state index contributed by atoms with van der Waals surface area (Å²) in [7, 11) is 0. The summed E-state index contributed by atoms with van der Waals surface area (Å²) >= 11 is 0. The molecule has 0 saturated carbocycles. The Balaban J connectivity index is 2.41. The third-order valence-corrected chi connectivity index (χ3v) is 2.04. The van der Waals surface area contributed by atoms with Gasteiger partial charge in [0.05, 0.1) is 0 Å². The van der Waals surface area contributed by atoms with Crippen LogP contribution in [0.1, 0.15) is 12.8 Å². The third kappa shape index (κ3) is 2.91. The lowest BCUT2D eigenvalue weighted by Gasteiger charge is -2.15. The number of carboxylic acids is 1. The predicted octanol–water partition coefficient (Wildman–Crippen LogP) is 0.806. The van der Waals surface area contributed by atoms with Crippen LogP contribution in [0, 0.1) is 5.92 Å². The molecule has 4 N–H and O–H groups in total. The summed E-state index contributed by atoms with van der Waals surface area (Å²) in [6.07, 6.45) is 6.10.